The number of carbonyl (C=O) groups is 1. The van der Waals surface area contributed by atoms with Gasteiger partial charge in [0.15, 0.2) is 0 Å². The molecule has 1 aliphatic heterocycles. The van der Waals surface area contributed by atoms with Crippen LogP contribution in [0.2, 0.25) is 0 Å². The number of hydrogen-bond acceptors (Lipinski definition) is 3. The molecule has 0 spiro atoms. The van der Waals surface area contributed by atoms with E-state index in [0.29, 0.717) is 0 Å². The quantitative estimate of drug-likeness (QED) is 0.872. The number of nitrogens with zero attached hydrogens (tertiary/aromatic N) is 1. The summed E-state index contributed by atoms with van der Waals surface area (Å²) in [6.07, 6.45) is 0. The van der Waals surface area contributed by atoms with Gasteiger partial charge < -0.3 is 19.9 Å². The molecule has 5 nitrogen and oxygen atoms in total. The highest BCUT2D eigenvalue weighted by molar-refractivity contribution is 6.09. The second-order valence-electron chi connectivity index (χ2n) is 5.05. The number of carbonyl (C=O) groups excluding carboxylic acids is 1. The van der Waals surface area contributed by atoms with Crippen LogP contribution in [0, 0.1) is 6.92 Å². The van der Waals surface area contributed by atoms with E-state index in [4.69, 9.17) is 4.74 Å². The lowest BCUT2D eigenvalue weighted by atomic mass is 10.1. The fourth-order valence-corrected chi connectivity index (χ4v) is 2.79. The topological polar surface area (TPSA) is 57.4 Å². The van der Waals surface area contributed by atoms with E-state index in [1.165, 1.54) is 0 Å². The van der Waals surface area contributed by atoms with Crippen LogP contribution in [-0.2, 0) is 0 Å². The number of aromatic nitrogens is 1. The molecule has 20 heavy (non-hydrogen) atoms. The van der Waals surface area contributed by atoms with Gasteiger partial charge in [0.1, 0.15) is 5.75 Å². The molecule has 2 heterocycles. The molecule has 1 aromatic heterocycles. The fourth-order valence-electron chi connectivity index (χ4n) is 2.79. The Bertz CT molecular complexity index is 642. The van der Waals surface area contributed by atoms with Crippen LogP contribution in [0.5, 0.6) is 5.75 Å². The van der Waals surface area contributed by atoms with Gasteiger partial charge in [-0.3, -0.25) is 4.79 Å². The number of hydrogen-bond donors (Lipinski definition) is 2. The molecular weight excluding hydrogens is 254 g/mol. The zero-order valence-electron chi connectivity index (χ0n) is 11.8. The van der Waals surface area contributed by atoms with Crippen LogP contribution in [-0.4, -0.2) is 49.1 Å². The number of piperazine rings is 1. The third-order valence-electron chi connectivity index (χ3n) is 3.82. The zero-order valence-corrected chi connectivity index (χ0v) is 11.8. The third kappa shape index (κ3) is 2.04. The number of ether oxygens (including phenoxy) is 1. The summed E-state index contributed by atoms with van der Waals surface area (Å²) in [5.41, 5.74) is 2.56. The number of nitrogens with one attached hydrogen (secondary N) is 2. The summed E-state index contributed by atoms with van der Waals surface area (Å²) in [6.45, 7) is 5.17. The first-order valence-corrected chi connectivity index (χ1v) is 6.87. The van der Waals surface area contributed by atoms with Crippen LogP contribution < -0.4 is 10.1 Å². The molecule has 5 heteroatoms. The predicted octanol–water partition coefficient (Wildman–Crippen LogP) is 1.53. The molecule has 1 aromatic carbocycles. The van der Waals surface area contributed by atoms with Gasteiger partial charge in [-0.1, -0.05) is 12.1 Å². The summed E-state index contributed by atoms with van der Waals surface area (Å²) >= 11 is 0. The summed E-state index contributed by atoms with van der Waals surface area (Å²) in [5, 5.41) is 4.20. The van der Waals surface area contributed by atoms with Crippen LogP contribution in [0.3, 0.4) is 0 Å². The number of aromatic amines is 1. The number of para-hydroxylation sites is 1. The van der Waals surface area contributed by atoms with Crippen LogP contribution >= 0.6 is 0 Å². The maximum Gasteiger partial charge on any atom is 0.256 e. The SMILES string of the molecule is COc1cccc2c(C(=O)N3CCNCC3)c(C)[nH]c12. The second kappa shape index (κ2) is 5.17. The molecule has 0 aliphatic carbocycles. The van der Waals surface area contributed by atoms with Gasteiger partial charge in [-0.15, -0.1) is 0 Å². The maximum absolute atomic E-state index is 12.7. The van der Waals surface area contributed by atoms with Crippen molar-refractivity contribution in [3.8, 4) is 5.75 Å². The molecule has 2 aromatic rings. The van der Waals surface area contributed by atoms with Gasteiger partial charge >= 0.3 is 0 Å². The van der Waals surface area contributed by atoms with Crippen LogP contribution in [0.4, 0.5) is 0 Å². The molecule has 2 N–H and O–H groups in total. The molecular formula is C15H19N3O2. The van der Waals surface area contributed by atoms with E-state index in [1.807, 2.05) is 30.0 Å². The van der Waals surface area contributed by atoms with Crippen LogP contribution in [0.15, 0.2) is 18.2 Å². The van der Waals surface area contributed by atoms with Crippen molar-refractivity contribution in [2.75, 3.05) is 33.3 Å². The highest BCUT2D eigenvalue weighted by Gasteiger charge is 2.23. The van der Waals surface area contributed by atoms with Gasteiger partial charge in [0.25, 0.3) is 5.91 Å². The van der Waals surface area contributed by atoms with E-state index in [2.05, 4.69) is 10.3 Å². The summed E-state index contributed by atoms with van der Waals surface area (Å²) in [5.74, 6) is 0.869. The first-order chi connectivity index (χ1) is 9.72. The van der Waals surface area contributed by atoms with Gasteiger partial charge in [0, 0.05) is 37.3 Å². The van der Waals surface area contributed by atoms with E-state index in [-0.39, 0.29) is 5.91 Å². The number of H-pyrrole nitrogens is 1. The Morgan fingerprint density at radius 1 is 1.30 bits per heavy atom. The number of benzene rings is 1. The van der Waals surface area contributed by atoms with Crippen molar-refractivity contribution in [1.82, 2.24) is 15.2 Å². The number of methoxy groups -OCH3 is 1. The molecule has 1 saturated heterocycles. The number of amides is 1. The predicted molar refractivity (Wildman–Crippen MR) is 78.4 cm³/mol. The molecule has 1 aliphatic rings. The summed E-state index contributed by atoms with van der Waals surface area (Å²) in [4.78, 5) is 17.9. The van der Waals surface area contributed by atoms with E-state index in [0.717, 1.165) is 54.1 Å². The van der Waals surface area contributed by atoms with Crippen molar-refractivity contribution in [2.24, 2.45) is 0 Å². The average Bonchev–Trinajstić information content (AvgIpc) is 2.83. The second-order valence-corrected chi connectivity index (χ2v) is 5.05. The fraction of sp³-hybridized carbons (Fsp3) is 0.400. The molecule has 0 atom stereocenters. The van der Waals surface area contributed by atoms with Gasteiger partial charge in [-0.25, -0.2) is 0 Å². The first-order valence-electron chi connectivity index (χ1n) is 6.87. The Balaban J connectivity index is 2.06. The van der Waals surface area contributed by atoms with Crippen molar-refractivity contribution in [3.05, 3.63) is 29.5 Å². The van der Waals surface area contributed by atoms with Crippen LogP contribution in [0.1, 0.15) is 16.1 Å². The highest BCUT2D eigenvalue weighted by atomic mass is 16.5. The standard InChI is InChI=1S/C15H19N3O2/c1-10-13(15(19)18-8-6-16-7-9-18)11-4-3-5-12(20-2)14(11)17-10/h3-5,16-17H,6-9H2,1-2H3. The van der Waals surface area contributed by atoms with E-state index in [1.54, 1.807) is 7.11 Å². The Hall–Kier alpha value is -2.01. The lowest BCUT2D eigenvalue weighted by Gasteiger charge is -2.27. The van der Waals surface area contributed by atoms with Crippen molar-refractivity contribution in [3.63, 3.8) is 0 Å². The van der Waals surface area contributed by atoms with Crippen molar-refractivity contribution in [1.29, 1.82) is 0 Å². The van der Waals surface area contributed by atoms with Gasteiger partial charge in [0.2, 0.25) is 0 Å². The Labute approximate surface area is 117 Å². The lowest BCUT2D eigenvalue weighted by Crippen LogP contribution is -2.46. The van der Waals surface area contributed by atoms with Crippen molar-refractivity contribution in [2.45, 2.75) is 6.92 Å². The van der Waals surface area contributed by atoms with Gasteiger partial charge in [-0.05, 0) is 13.0 Å². The monoisotopic (exact) mass is 273 g/mol. The molecule has 1 fully saturated rings. The maximum atomic E-state index is 12.7. The number of rotatable bonds is 2. The molecule has 3 rings (SSSR count). The van der Waals surface area contributed by atoms with Gasteiger partial charge in [0.05, 0.1) is 18.2 Å². The smallest absolute Gasteiger partial charge is 0.256 e. The third-order valence-corrected chi connectivity index (χ3v) is 3.82. The molecule has 0 unspecified atom stereocenters. The summed E-state index contributed by atoms with van der Waals surface area (Å²) in [7, 11) is 1.64. The van der Waals surface area contributed by atoms with Gasteiger partial charge in [-0.2, -0.15) is 0 Å². The Morgan fingerprint density at radius 2 is 2.05 bits per heavy atom. The molecule has 1 amide bonds. The minimum Gasteiger partial charge on any atom is -0.495 e. The number of fused-ring (bicyclic) bond motifs is 1. The zero-order chi connectivity index (χ0) is 14.1. The average molecular weight is 273 g/mol. The largest absolute Gasteiger partial charge is 0.495 e. The van der Waals surface area contributed by atoms with Crippen LogP contribution in [0.25, 0.3) is 10.9 Å². The number of aryl methyl sites for hydroxylation is 1. The molecule has 106 valence electrons. The normalized spacial score (nSPS) is 15.6. The highest BCUT2D eigenvalue weighted by Crippen LogP contribution is 2.30. The van der Waals surface area contributed by atoms with E-state index in [9.17, 15) is 4.79 Å². The van der Waals surface area contributed by atoms with E-state index < -0.39 is 0 Å². The summed E-state index contributed by atoms with van der Waals surface area (Å²) in [6, 6.07) is 5.79. The molecule has 0 bridgehead atoms. The first kappa shape index (κ1) is 13.0. The lowest BCUT2D eigenvalue weighted by molar-refractivity contribution is 0.0737. The molecule has 0 saturated carbocycles. The summed E-state index contributed by atoms with van der Waals surface area (Å²) < 4.78 is 5.35. The Kier molecular flexibility index (Phi) is 3.36. The Morgan fingerprint density at radius 3 is 2.75 bits per heavy atom. The molecule has 0 radical (unpaired) electrons. The van der Waals surface area contributed by atoms with Crippen molar-refractivity contribution >= 4 is 16.8 Å². The minimum atomic E-state index is 0.100. The van der Waals surface area contributed by atoms with E-state index >= 15 is 0 Å². The minimum absolute atomic E-state index is 0.100. The van der Waals surface area contributed by atoms with Crippen molar-refractivity contribution < 1.29 is 9.53 Å².